The SMILES string of the molecule is CNC1CCC2C(C1)c1ccc(Nc3cc(F)c(F)cc3F)nc1N2C. The minimum absolute atomic E-state index is 0.135. The summed E-state index contributed by atoms with van der Waals surface area (Å²) in [4.78, 5) is 6.79. The van der Waals surface area contributed by atoms with Crippen LogP contribution in [0.25, 0.3) is 0 Å². The van der Waals surface area contributed by atoms with Crippen molar-refractivity contribution >= 4 is 17.3 Å². The zero-order chi connectivity index (χ0) is 18.4. The van der Waals surface area contributed by atoms with Gasteiger partial charge in [0.1, 0.15) is 17.5 Å². The summed E-state index contributed by atoms with van der Waals surface area (Å²) in [6.45, 7) is 0. The van der Waals surface area contributed by atoms with E-state index in [-0.39, 0.29) is 5.69 Å². The van der Waals surface area contributed by atoms with Crippen LogP contribution in [-0.2, 0) is 0 Å². The summed E-state index contributed by atoms with van der Waals surface area (Å²) in [5.41, 5.74) is 1.05. The van der Waals surface area contributed by atoms with Crippen molar-refractivity contribution in [3.8, 4) is 0 Å². The van der Waals surface area contributed by atoms with Crippen LogP contribution in [0.5, 0.6) is 0 Å². The molecule has 4 rings (SSSR count). The van der Waals surface area contributed by atoms with Crippen molar-refractivity contribution in [2.45, 2.75) is 37.3 Å². The standard InChI is InChI=1S/C19H21F3N4/c1-23-10-3-5-17-12(7-10)11-4-6-18(25-19(11)26(17)2)24-16-9-14(21)13(20)8-15(16)22/h4,6,8-10,12,17,23H,3,5,7H2,1-2H3,(H,24,25). The minimum Gasteiger partial charge on any atom is -0.356 e. The molecule has 0 radical (unpaired) electrons. The molecule has 1 aromatic carbocycles. The van der Waals surface area contributed by atoms with Crippen LogP contribution in [0.3, 0.4) is 0 Å². The van der Waals surface area contributed by atoms with Gasteiger partial charge in [0.05, 0.1) is 5.69 Å². The maximum Gasteiger partial charge on any atom is 0.161 e. The predicted octanol–water partition coefficient (Wildman–Crippen LogP) is 3.92. The summed E-state index contributed by atoms with van der Waals surface area (Å²) in [5.74, 6) is -1.48. The lowest BCUT2D eigenvalue weighted by Gasteiger charge is -2.34. The molecule has 1 aromatic heterocycles. The number of aromatic nitrogens is 1. The van der Waals surface area contributed by atoms with Crippen molar-refractivity contribution < 1.29 is 13.2 Å². The molecular formula is C19H21F3N4. The number of nitrogens with zero attached hydrogens (tertiary/aromatic N) is 2. The van der Waals surface area contributed by atoms with Crippen molar-refractivity contribution in [1.82, 2.24) is 10.3 Å². The molecule has 3 atom stereocenters. The summed E-state index contributed by atoms with van der Waals surface area (Å²) >= 11 is 0. The Bertz CT molecular complexity index is 842. The third kappa shape index (κ3) is 2.80. The normalized spacial score (nSPS) is 24.3. The first kappa shape index (κ1) is 17.1. The van der Waals surface area contributed by atoms with Crippen LogP contribution in [0, 0.1) is 17.5 Å². The molecule has 138 valence electrons. The monoisotopic (exact) mass is 362 g/mol. The van der Waals surface area contributed by atoms with Crippen LogP contribution in [0.1, 0.15) is 30.7 Å². The Morgan fingerprint density at radius 3 is 2.62 bits per heavy atom. The molecule has 7 heteroatoms. The quantitative estimate of drug-likeness (QED) is 0.812. The van der Waals surface area contributed by atoms with E-state index in [1.54, 1.807) is 6.07 Å². The molecule has 0 spiro atoms. The number of anilines is 3. The molecule has 3 unspecified atom stereocenters. The predicted molar refractivity (Wildman–Crippen MR) is 95.5 cm³/mol. The highest BCUT2D eigenvalue weighted by Crippen LogP contribution is 2.46. The molecule has 2 N–H and O–H groups in total. The van der Waals surface area contributed by atoms with Crippen molar-refractivity contribution in [2.75, 3.05) is 24.3 Å². The van der Waals surface area contributed by atoms with Gasteiger partial charge in [0.15, 0.2) is 11.6 Å². The lowest BCUT2D eigenvalue weighted by atomic mass is 9.80. The Balaban J connectivity index is 1.63. The van der Waals surface area contributed by atoms with Gasteiger partial charge in [-0.2, -0.15) is 0 Å². The number of likely N-dealkylation sites (N-methyl/N-ethyl adjacent to an activating group) is 1. The van der Waals surface area contributed by atoms with Gasteiger partial charge in [0.25, 0.3) is 0 Å². The fourth-order valence-electron chi connectivity index (χ4n) is 4.23. The Labute approximate surface area is 150 Å². The second-order valence-corrected chi connectivity index (χ2v) is 7.06. The number of rotatable bonds is 3. The second kappa shape index (κ2) is 6.46. The van der Waals surface area contributed by atoms with Crippen LogP contribution in [0.4, 0.5) is 30.5 Å². The van der Waals surface area contributed by atoms with E-state index in [1.807, 2.05) is 20.2 Å². The van der Waals surface area contributed by atoms with E-state index >= 15 is 0 Å². The van der Waals surface area contributed by atoms with Gasteiger partial charge in [0.2, 0.25) is 0 Å². The minimum atomic E-state index is -1.21. The van der Waals surface area contributed by atoms with Crippen LogP contribution >= 0.6 is 0 Å². The number of fused-ring (bicyclic) bond motifs is 3. The van der Waals surface area contributed by atoms with Gasteiger partial charge >= 0.3 is 0 Å². The molecule has 0 amide bonds. The van der Waals surface area contributed by atoms with Gasteiger partial charge in [-0.05, 0) is 32.4 Å². The van der Waals surface area contributed by atoms with Crippen molar-refractivity contribution in [3.63, 3.8) is 0 Å². The summed E-state index contributed by atoms with van der Waals surface area (Å²) < 4.78 is 40.4. The van der Waals surface area contributed by atoms with Crippen LogP contribution < -0.4 is 15.5 Å². The zero-order valence-electron chi connectivity index (χ0n) is 14.7. The molecule has 0 bridgehead atoms. The second-order valence-electron chi connectivity index (χ2n) is 7.06. The maximum atomic E-state index is 13.9. The average molecular weight is 362 g/mol. The smallest absolute Gasteiger partial charge is 0.161 e. The Morgan fingerprint density at radius 1 is 1.08 bits per heavy atom. The summed E-state index contributed by atoms with van der Waals surface area (Å²) in [6.07, 6.45) is 3.27. The summed E-state index contributed by atoms with van der Waals surface area (Å²) in [5, 5.41) is 6.12. The van der Waals surface area contributed by atoms with Gasteiger partial charge in [0, 0.05) is 42.7 Å². The molecule has 2 heterocycles. The third-order valence-corrected chi connectivity index (χ3v) is 5.63. The molecule has 4 nitrogen and oxygen atoms in total. The molecule has 1 fully saturated rings. The number of halogens is 3. The van der Waals surface area contributed by atoms with E-state index in [9.17, 15) is 13.2 Å². The molecule has 2 aliphatic rings. The highest BCUT2D eigenvalue weighted by atomic mass is 19.2. The molecule has 1 aliphatic heterocycles. The highest BCUT2D eigenvalue weighted by molar-refractivity contribution is 5.64. The first-order valence-corrected chi connectivity index (χ1v) is 8.80. The molecule has 1 saturated carbocycles. The topological polar surface area (TPSA) is 40.2 Å². The van der Waals surface area contributed by atoms with E-state index in [0.717, 1.165) is 31.1 Å². The highest BCUT2D eigenvalue weighted by Gasteiger charge is 2.41. The van der Waals surface area contributed by atoms with Gasteiger partial charge in [-0.25, -0.2) is 18.2 Å². The third-order valence-electron chi connectivity index (χ3n) is 5.63. The van der Waals surface area contributed by atoms with Crippen LogP contribution in [0.15, 0.2) is 24.3 Å². The zero-order valence-corrected chi connectivity index (χ0v) is 14.7. The van der Waals surface area contributed by atoms with E-state index in [0.29, 0.717) is 29.9 Å². The average Bonchev–Trinajstić information content (AvgIpc) is 2.91. The number of benzene rings is 1. The van der Waals surface area contributed by atoms with Gasteiger partial charge < -0.3 is 15.5 Å². The van der Waals surface area contributed by atoms with E-state index in [4.69, 9.17) is 0 Å². The fourth-order valence-corrected chi connectivity index (χ4v) is 4.23. The van der Waals surface area contributed by atoms with Gasteiger partial charge in [-0.3, -0.25) is 0 Å². The number of hydrogen-bond acceptors (Lipinski definition) is 4. The van der Waals surface area contributed by atoms with E-state index in [2.05, 4.69) is 20.5 Å². The largest absolute Gasteiger partial charge is 0.356 e. The Kier molecular flexibility index (Phi) is 4.26. The first-order valence-electron chi connectivity index (χ1n) is 8.80. The van der Waals surface area contributed by atoms with Crippen molar-refractivity contribution in [2.24, 2.45) is 0 Å². The summed E-state index contributed by atoms with van der Waals surface area (Å²) in [7, 11) is 4.02. The lowest BCUT2D eigenvalue weighted by molar-refractivity contribution is 0.326. The van der Waals surface area contributed by atoms with Crippen LogP contribution in [-0.4, -0.2) is 31.2 Å². The fraction of sp³-hybridized carbons (Fsp3) is 0.421. The van der Waals surface area contributed by atoms with Gasteiger partial charge in [-0.15, -0.1) is 0 Å². The summed E-state index contributed by atoms with van der Waals surface area (Å²) in [6, 6.07) is 6.02. The molecule has 2 aromatic rings. The molecule has 1 aliphatic carbocycles. The Morgan fingerprint density at radius 2 is 1.85 bits per heavy atom. The molecule has 0 saturated heterocycles. The number of hydrogen-bond donors (Lipinski definition) is 2. The van der Waals surface area contributed by atoms with E-state index < -0.39 is 17.5 Å². The van der Waals surface area contributed by atoms with E-state index in [1.165, 1.54) is 5.56 Å². The molecule has 26 heavy (non-hydrogen) atoms. The van der Waals surface area contributed by atoms with Crippen molar-refractivity contribution in [1.29, 1.82) is 0 Å². The number of pyridine rings is 1. The molecular weight excluding hydrogens is 341 g/mol. The number of nitrogens with one attached hydrogen (secondary N) is 2. The van der Waals surface area contributed by atoms with Gasteiger partial charge in [-0.1, -0.05) is 6.07 Å². The maximum absolute atomic E-state index is 13.9. The van der Waals surface area contributed by atoms with Crippen LogP contribution in [0.2, 0.25) is 0 Å². The Hall–Kier alpha value is -2.28. The first-order chi connectivity index (χ1) is 12.5. The lowest BCUT2D eigenvalue weighted by Crippen LogP contribution is -2.40. The van der Waals surface area contributed by atoms with Crippen molar-refractivity contribution in [3.05, 3.63) is 47.3 Å².